The number of carbonyl (C=O) groups is 1. The van der Waals surface area contributed by atoms with Gasteiger partial charge in [0, 0.05) is 12.4 Å². The number of carboxylic acids is 1. The second-order valence-electron chi connectivity index (χ2n) is 2.19. The first-order chi connectivity index (χ1) is 5.18. The maximum Gasteiger partial charge on any atom is 1.00 e. The van der Waals surface area contributed by atoms with Crippen LogP contribution in [0, 0.1) is 0 Å². The second-order valence-corrected chi connectivity index (χ2v) is 2.19. The van der Waals surface area contributed by atoms with Gasteiger partial charge >= 0.3 is 59.1 Å². The molecule has 58 valence electrons. The summed E-state index contributed by atoms with van der Waals surface area (Å²) in [6.45, 7) is 0. The smallest absolute Gasteiger partial charge is 0.872 e. The summed E-state index contributed by atoms with van der Waals surface area (Å²) in [5.74, 6) is -1.25. The Kier molecular flexibility index (Phi) is 9.63. The molecule has 0 fully saturated rings. The van der Waals surface area contributed by atoms with Crippen molar-refractivity contribution in [1.29, 1.82) is 0 Å². The predicted molar refractivity (Wildman–Crippen MR) is 34.6 cm³/mol. The topological polar surface area (TPSA) is 63.2 Å². The summed E-state index contributed by atoms with van der Waals surface area (Å²) in [5.41, 5.74) is 0.588. The number of hydrogen-bond acceptors (Lipinski definition) is 3. The van der Waals surface area contributed by atoms with E-state index in [2.05, 4.69) is 0 Å². The van der Waals surface area contributed by atoms with Crippen LogP contribution in [-0.2, 0) is 11.2 Å². The van der Waals surface area contributed by atoms with Gasteiger partial charge < -0.3 is 15.0 Å². The minimum atomic E-state index is -1.14. The van der Waals surface area contributed by atoms with E-state index in [0.717, 1.165) is 0 Å². The molecular weight excluding hydrogens is 190 g/mol. The normalized spacial score (nSPS) is 8.00. The summed E-state index contributed by atoms with van der Waals surface area (Å²) in [7, 11) is 0. The van der Waals surface area contributed by atoms with Crippen LogP contribution in [0.2, 0.25) is 0 Å². The molecule has 0 aliphatic rings. The van der Waals surface area contributed by atoms with E-state index in [1.807, 2.05) is 0 Å². The molecule has 0 heterocycles. The van der Waals surface area contributed by atoms with Crippen LogP contribution in [0.5, 0.6) is 5.75 Å². The van der Waals surface area contributed by atoms with Crippen molar-refractivity contribution in [1.82, 2.24) is 0 Å². The minimum Gasteiger partial charge on any atom is -0.872 e. The molecule has 0 bridgehead atoms. The third-order valence-corrected chi connectivity index (χ3v) is 1.27. The fourth-order valence-electron chi connectivity index (χ4n) is 0.774. The van der Waals surface area contributed by atoms with Gasteiger partial charge in [0.05, 0.1) is 0 Å². The number of benzene rings is 1. The number of hydrogen-bond donors (Lipinski definition) is 0. The van der Waals surface area contributed by atoms with E-state index in [1.54, 1.807) is 0 Å². The zero-order valence-corrected chi connectivity index (χ0v) is 11.7. The van der Waals surface area contributed by atoms with Gasteiger partial charge in [-0.05, 0) is 5.56 Å². The van der Waals surface area contributed by atoms with Crippen LogP contribution >= 0.6 is 0 Å². The molecule has 0 spiro atoms. The van der Waals surface area contributed by atoms with E-state index < -0.39 is 5.97 Å². The molecule has 0 amide bonds. The van der Waals surface area contributed by atoms with Crippen molar-refractivity contribution in [2.45, 2.75) is 6.42 Å². The summed E-state index contributed by atoms with van der Waals surface area (Å²) in [5, 5.41) is 20.6. The van der Waals surface area contributed by atoms with E-state index >= 15 is 0 Å². The van der Waals surface area contributed by atoms with Gasteiger partial charge in [0.1, 0.15) is 0 Å². The molecule has 3 nitrogen and oxygen atoms in total. The maximum atomic E-state index is 10.5. The van der Waals surface area contributed by atoms with Gasteiger partial charge in [0.2, 0.25) is 0 Å². The summed E-state index contributed by atoms with van der Waals surface area (Å²) in [6, 6.07) is 5.63. The predicted octanol–water partition coefficient (Wildman–Crippen LogP) is -6.94. The molecule has 0 aliphatic heterocycles. The van der Waals surface area contributed by atoms with Crippen LogP contribution in [0.3, 0.4) is 0 Å². The Hall–Kier alpha value is 0.490. The Morgan fingerprint density at radius 1 is 1.15 bits per heavy atom. The van der Waals surface area contributed by atoms with E-state index in [9.17, 15) is 15.0 Å². The minimum absolute atomic E-state index is 0. The van der Waals surface area contributed by atoms with Gasteiger partial charge in [0.25, 0.3) is 0 Å². The van der Waals surface area contributed by atoms with Crippen LogP contribution in [0.1, 0.15) is 5.56 Å². The summed E-state index contributed by atoms with van der Waals surface area (Å²) in [4.78, 5) is 10.1. The number of aliphatic carboxylic acids is 1. The zero-order valence-electron chi connectivity index (χ0n) is 7.74. The second kappa shape index (κ2) is 7.85. The van der Waals surface area contributed by atoms with E-state index in [-0.39, 0.29) is 71.3 Å². The first-order valence-electron chi connectivity index (χ1n) is 3.14. The molecule has 1 aromatic rings. The van der Waals surface area contributed by atoms with Gasteiger partial charge in [-0.25, -0.2) is 0 Å². The van der Waals surface area contributed by atoms with Crippen LogP contribution in [-0.4, -0.2) is 5.97 Å². The summed E-state index contributed by atoms with van der Waals surface area (Å²) >= 11 is 0. The molecule has 1 rings (SSSR count). The Bertz CT molecular complexity index is 259. The molecule has 1 aromatic carbocycles. The molecule has 0 saturated carbocycles. The molecule has 0 saturated heterocycles. The van der Waals surface area contributed by atoms with Crippen LogP contribution in [0.4, 0.5) is 0 Å². The van der Waals surface area contributed by atoms with Gasteiger partial charge in [-0.15, -0.1) is 5.75 Å². The fraction of sp³-hybridized carbons (Fsp3) is 0.125. The van der Waals surface area contributed by atoms with Crippen LogP contribution < -0.4 is 69.3 Å². The average molecular weight is 196 g/mol. The van der Waals surface area contributed by atoms with Crippen molar-refractivity contribution in [2.75, 3.05) is 0 Å². The molecule has 5 heteroatoms. The summed E-state index contributed by atoms with van der Waals surface area (Å²) < 4.78 is 0. The molecule has 0 aliphatic carbocycles. The molecule has 0 aromatic heterocycles. The maximum absolute atomic E-state index is 10.5. The van der Waals surface area contributed by atoms with Gasteiger partial charge in [-0.1, -0.05) is 24.3 Å². The number of carbonyl (C=O) groups excluding carboxylic acids is 1. The Labute approximate surface area is 121 Å². The van der Waals surface area contributed by atoms with E-state index in [1.165, 1.54) is 24.3 Å². The van der Waals surface area contributed by atoms with Crippen molar-refractivity contribution < 1.29 is 74.1 Å². The van der Waals surface area contributed by atoms with Crippen LogP contribution in [0.25, 0.3) is 0 Å². The average Bonchev–Trinajstić information content (AvgIpc) is 1.93. The Balaban J connectivity index is 0. The largest absolute Gasteiger partial charge is 1.00 e. The van der Waals surface area contributed by atoms with Gasteiger partial charge in [0.15, 0.2) is 0 Å². The van der Waals surface area contributed by atoms with Crippen molar-refractivity contribution in [3.8, 4) is 5.75 Å². The molecule has 0 radical (unpaired) electrons. The Morgan fingerprint density at radius 3 is 2.00 bits per heavy atom. The fourth-order valence-corrected chi connectivity index (χ4v) is 0.774. The zero-order chi connectivity index (χ0) is 8.27. The molecule has 0 N–H and O–H groups in total. The monoisotopic (exact) mass is 196 g/mol. The Morgan fingerprint density at radius 2 is 1.62 bits per heavy atom. The first kappa shape index (κ1) is 15.9. The van der Waals surface area contributed by atoms with Gasteiger partial charge in [-0.2, -0.15) is 0 Å². The van der Waals surface area contributed by atoms with Gasteiger partial charge in [-0.3, -0.25) is 0 Å². The van der Waals surface area contributed by atoms with Crippen molar-refractivity contribution >= 4 is 5.97 Å². The summed E-state index contributed by atoms with van der Waals surface area (Å²) in [6.07, 6.45) is -0.139. The van der Waals surface area contributed by atoms with E-state index in [0.29, 0.717) is 5.56 Å². The van der Waals surface area contributed by atoms with Crippen molar-refractivity contribution in [2.24, 2.45) is 0 Å². The quantitative estimate of drug-likeness (QED) is 0.441. The number of rotatable bonds is 2. The van der Waals surface area contributed by atoms with E-state index in [4.69, 9.17) is 0 Å². The van der Waals surface area contributed by atoms with Crippen molar-refractivity contribution in [3.05, 3.63) is 29.8 Å². The molecular formula is C8H6Na2O3. The standard InChI is InChI=1S/C8H8O3.2Na/c9-7-3-1-6(2-4-7)5-8(10)11;;/h1-4,9H,5H2,(H,10,11);;/q;2*+1/p-2. The first-order valence-corrected chi connectivity index (χ1v) is 3.14. The van der Waals surface area contributed by atoms with Crippen LogP contribution in [0.15, 0.2) is 24.3 Å². The molecule has 0 atom stereocenters. The molecule has 13 heavy (non-hydrogen) atoms. The molecule has 0 unspecified atom stereocenters. The SMILES string of the molecule is O=C([O-])Cc1ccc([O-])cc1.[Na+].[Na+]. The van der Waals surface area contributed by atoms with Crippen molar-refractivity contribution in [3.63, 3.8) is 0 Å². The number of carboxylic acid groups (broad SMARTS) is 1. The third kappa shape index (κ3) is 6.55. The third-order valence-electron chi connectivity index (χ3n) is 1.27.